The molecule has 0 amide bonds. The molecule has 0 fully saturated rings. The van der Waals surface area contributed by atoms with Crippen molar-refractivity contribution in [1.82, 2.24) is 4.98 Å². The average Bonchev–Trinajstić information content (AvgIpc) is 2.17. The molecule has 0 spiro atoms. The van der Waals surface area contributed by atoms with Gasteiger partial charge in [-0.15, -0.1) is 0 Å². The zero-order valence-corrected chi connectivity index (χ0v) is 12.2. The molecule has 0 unspecified atom stereocenters. The molecule has 16 heavy (non-hydrogen) atoms. The molecule has 0 bridgehead atoms. The van der Waals surface area contributed by atoms with E-state index in [1.807, 2.05) is 39.8 Å². The second-order valence-corrected chi connectivity index (χ2v) is 7.22. The van der Waals surface area contributed by atoms with Crippen LogP contribution in [0.3, 0.4) is 0 Å². The van der Waals surface area contributed by atoms with Crippen LogP contribution in [0.4, 0.5) is 0 Å². The molecule has 1 rings (SSSR count). The number of aromatic nitrogens is 1. The largest absolute Gasteiger partial charge is 0.591 e. The Kier molecular flexibility index (Phi) is 4.52. The summed E-state index contributed by atoms with van der Waals surface area (Å²) in [4.78, 5) is 4.20. The molecular weight excluding hydrogens is 288 g/mol. The first kappa shape index (κ1) is 13.7. The van der Waals surface area contributed by atoms with E-state index in [-0.39, 0.29) is 4.75 Å². The monoisotopic (exact) mass is 302 g/mol. The predicted octanol–water partition coefficient (Wildman–Crippen LogP) is 3.12. The number of rotatable bonds is 2. The van der Waals surface area contributed by atoms with Gasteiger partial charge in [-0.3, -0.25) is 4.98 Å². The first-order valence-electron chi connectivity index (χ1n) is 4.90. The number of hydrogen-bond acceptors (Lipinski definition) is 3. The molecule has 0 aromatic carbocycles. The van der Waals surface area contributed by atoms with Crippen molar-refractivity contribution in [2.45, 2.75) is 32.4 Å². The van der Waals surface area contributed by atoms with Crippen molar-refractivity contribution in [3.05, 3.63) is 28.5 Å². The maximum atomic E-state index is 11.8. The van der Waals surface area contributed by atoms with Crippen LogP contribution >= 0.6 is 15.9 Å². The SMILES string of the molecule is CC(=N[S@@+]([O-])C(C)(C)C)c1ccc(Br)cn1. The van der Waals surface area contributed by atoms with Crippen LogP contribution in [0.25, 0.3) is 0 Å². The summed E-state index contributed by atoms with van der Waals surface area (Å²) in [6, 6.07) is 3.74. The third-order valence-electron chi connectivity index (χ3n) is 1.84. The maximum Gasteiger partial charge on any atom is 0.144 e. The highest BCUT2D eigenvalue weighted by Gasteiger charge is 2.26. The van der Waals surface area contributed by atoms with E-state index in [1.54, 1.807) is 6.20 Å². The maximum absolute atomic E-state index is 11.8. The lowest BCUT2D eigenvalue weighted by atomic mass is 10.3. The van der Waals surface area contributed by atoms with Crippen molar-refractivity contribution >= 4 is 33.0 Å². The van der Waals surface area contributed by atoms with Crippen molar-refractivity contribution in [2.24, 2.45) is 4.40 Å². The van der Waals surface area contributed by atoms with Crippen molar-refractivity contribution < 1.29 is 4.55 Å². The lowest BCUT2D eigenvalue weighted by Gasteiger charge is -2.18. The predicted molar refractivity (Wildman–Crippen MR) is 72.0 cm³/mol. The fourth-order valence-electron chi connectivity index (χ4n) is 0.898. The van der Waals surface area contributed by atoms with Gasteiger partial charge < -0.3 is 4.55 Å². The van der Waals surface area contributed by atoms with Crippen molar-refractivity contribution in [1.29, 1.82) is 0 Å². The second kappa shape index (κ2) is 5.29. The van der Waals surface area contributed by atoms with Crippen molar-refractivity contribution in [3.8, 4) is 0 Å². The van der Waals surface area contributed by atoms with Gasteiger partial charge >= 0.3 is 0 Å². The Hall–Kier alpha value is -0.390. The number of hydrogen-bond donors (Lipinski definition) is 0. The Morgan fingerprint density at radius 2 is 2.06 bits per heavy atom. The quantitative estimate of drug-likeness (QED) is 0.622. The summed E-state index contributed by atoms with van der Waals surface area (Å²) in [5, 5.41) is 0. The van der Waals surface area contributed by atoms with Gasteiger partial charge in [0.2, 0.25) is 0 Å². The van der Waals surface area contributed by atoms with E-state index in [9.17, 15) is 4.55 Å². The van der Waals surface area contributed by atoms with Crippen LogP contribution in [-0.4, -0.2) is 20.0 Å². The van der Waals surface area contributed by atoms with Gasteiger partial charge in [0.15, 0.2) is 0 Å². The standard InChI is InChI=1S/C11H15BrN2OS/c1-8(14-16(15)11(2,3)4)10-6-5-9(12)7-13-10/h5-7H,1-4H3/t16-/m0/s1. The Bertz CT molecular complexity index is 384. The van der Waals surface area contributed by atoms with E-state index >= 15 is 0 Å². The molecule has 1 heterocycles. The molecule has 0 aliphatic carbocycles. The van der Waals surface area contributed by atoms with E-state index in [0.717, 1.165) is 10.2 Å². The van der Waals surface area contributed by atoms with Gasteiger partial charge in [0.05, 0.1) is 5.69 Å². The zero-order chi connectivity index (χ0) is 12.3. The summed E-state index contributed by atoms with van der Waals surface area (Å²) in [5.74, 6) is 0. The van der Waals surface area contributed by atoms with Gasteiger partial charge in [0.25, 0.3) is 0 Å². The fraction of sp³-hybridized carbons (Fsp3) is 0.455. The van der Waals surface area contributed by atoms with Crippen molar-refractivity contribution in [2.75, 3.05) is 0 Å². The molecule has 1 aromatic heterocycles. The molecule has 0 saturated heterocycles. The zero-order valence-electron chi connectivity index (χ0n) is 9.82. The van der Waals surface area contributed by atoms with Crippen LogP contribution in [0.15, 0.2) is 27.2 Å². The molecule has 3 nitrogen and oxygen atoms in total. The van der Waals surface area contributed by atoms with Gasteiger partial charge in [0, 0.05) is 10.7 Å². The second-order valence-electron chi connectivity index (χ2n) is 4.40. The minimum absolute atomic E-state index is 0.337. The van der Waals surface area contributed by atoms with Gasteiger partial charge in [-0.25, -0.2) is 0 Å². The minimum Gasteiger partial charge on any atom is -0.591 e. The van der Waals surface area contributed by atoms with E-state index in [0.29, 0.717) is 5.71 Å². The summed E-state index contributed by atoms with van der Waals surface area (Å²) < 4.78 is 16.5. The van der Waals surface area contributed by atoms with Crippen LogP contribution in [0.5, 0.6) is 0 Å². The average molecular weight is 303 g/mol. The molecule has 0 saturated carbocycles. The lowest BCUT2D eigenvalue weighted by molar-refractivity contribution is 0.561. The van der Waals surface area contributed by atoms with Crippen LogP contribution < -0.4 is 0 Å². The molecule has 1 atom stereocenters. The van der Waals surface area contributed by atoms with Gasteiger partial charge in [-0.1, -0.05) is 4.40 Å². The summed E-state index contributed by atoms with van der Waals surface area (Å²) in [7, 11) is 0. The van der Waals surface area contributed by atoms with Crippen LogP contribution in [0, 0.1) is 0 Å². The third-order valence-corrected chi connectivity index (χ3v) is 3.80. The highest BCUT2D eigenvalue weighted by atomic mass is 79.9. The molecule has 5 heteroatoms. The lowest BCUT2D eigenvalue weighted by Crippen LogP contribution is -2.26. The number of pyridine rings is 1. The van der Waals surface area contributed by atoms with Gasteiger partial charge in [-0.05, 0) is 55.8 Å². The Morgan fingerprint density at radius 1 is 1.44 bits per heavy atom. The molecule has 0 radical (unpaired) electrons. The smallest absolute Gasteiger partial charge is 0.144 e. The van der Waals surface area contributed by atoms with Gasteiger partial charge in [0.1, 0.15) is 21.8 Å². The molecular formula is C11H15BrN2OS. The highest BCUT2D eigenvalue weighted by Crippen LogP contribution is 2.18. The topological polar surface area (TPSA) is 48.3 Å². The summed E-state index contributed by atoms with van der Waals surface area (Å²) in [5.41, 5.74) is 1.45. The highest BCUT2D eigenvalue weighted by molar-refractivity contribution is 9.10. The summed E-state index contributed by atoms with van der Waals surface area (Å²) >= 11 is 2.08. The van der Waals surface area contributed by atoms with Crippen LogP contribution in [-0.2, 0) is 11.4 Å². The van der Waals surface area contributed by atoms with E-state index in [1.165, 1.54) is 0 Å². The fourth-order valence-corrected chi connectivity index (χ4v) is 1.75. The molecule has 0 aliphatic heterocycles. The normalized spacial score (nSPS) is 15.0. The molecule has 1 aromatic rings. The number of nitrogens with zero attached hydrogens (tertiary/aromatic N) is 2. The van der Waals surface area contributed by atoms with Crippen LogP contribution in [0.2, 0.25) is 0 Å². The molecule has 88 valence electrons. The first-order valence-corrected chi connectivity index (χ1v) is 6.80. The summed E-state index contributed by atoms with van der Waals surface area (Å²) in [6.07, 6.45) is 1.70. The van der Waals surface area contributed by atoms with Gasteiger partial charge in [-0.2, -0.15) is 0 Å². The Balaban J connectivity index is 2.89. The van der Waals surface area contributed by atoms with E-state index in [4.69, 9.17) is 0 Å². The Labute approximate surface area is 108 Å². The minimum atomic E-state index is -1.24. The summed E-state index contributed by atoms with van der Waals surface area (Å²) in [6.45, 7) is 7.51. The number of halogens is 1. The molecule has 0 N–H and O–H groups in total. The van der Waals surface area contributed by atoms with Crippen molar-refractivity contribution in [3.63, 3.8) is 0 Å². The first-order chi connectivity index (χ1) is 7.30. The van der Waals surface area contributed by atoms with E-state index < -0.39 is 11.4 Å². The Morgan fingerprint density at radius 3 is 2.50 bits per heavy atom. The van der Waals surface area contributed by atoms with Crippen LogP contribution in [0.1, 0.15) is 33.4 Å². The van der Waals surface area contributed by atoms with E-state index in [2.05, 4.69) is 25.3 Å². The molecule has 0 aliphatic rings. The third kappa shape index (κ3) is 3.88.